The van der Waals surface area contributed by atoms with Gasteiger partial charge in [0.1, 0.15) is 16.9 Å². The minimum Gasteiger partial charge on any atom is -0.512 e. The topological polar surface area (TPSA) is 63.1 Å². The Kier molecular flexibility index (Phi) is 11.8. The molecule has 48 heavy (non-hydrogen) atoms. The molecule has 4 nitrogen and oxygen atoms in total. The summed E-state index contributed by atoms with van der Waals surface area (Å²) in [6.45, 7) is 21.1. The minimum atomic E-state index is -0.337. The van der Waals surface area contributed by atoms with Crippen molar-refractivity contribution in [3.8, 4) is 11.3 Å². The molecule has 4 heterocycles. The number of benzene rings is 2. The fourth-order valence-electron chi connectivity index (χ4n) is 5.89. The number of rotatable bonds is 8. The second-order valence-electron chi connectivity index (χ2n) is 14.2. The summed E-state index contributed by atoms with van der Waals surface area (Å²) in [5, 5.41) is 17.2. The molecule has 6 aromatic rings. The summed E-state index contributed by atoms with van der Waals surface area (Å²) in [5.74, 6) is 0.286. The SMILES string of the molecule is CCC(C)(CC)C(=O)/C=C(\O)C(C)(CC)CC.Cc1cc2c(ccc3c2sc2ncnc(-c4[c-]c5ccsc5c(C(C)(C)C)c4)c23)s1.[Ir]. The molecule has 4 aromatic heterocycles. The standard InChI is InChI=1S/C25H19N2S3.C15H28O2.Ir/c1-13-9-17-19(29-13)6-5-16-20-21(26-12-27-24(20)30-23(16)17)15-10-14-7-8-28-22(14)18(11-15)25(2,3)4;1-7-14(5,8-2)12(16)11-13(17)15(6,9-3)10-4;/h5-9,11-12H,1-4H3;11,16H,7-10H2,1-6H3;/q-1;;/b;12-11-;. The Morgan fingerprint density at radius 1 is 0.875 bits per heavy atom. The van der Waals surface area contributed by atoms with E-state index in [1.165, 1.54) is 46.8 Å². The van der Waals surface area contributed by atoms with Crippen LogP contribution >= 0.6 is 34.0 Å². The van der Waals surface area contributed by atoms with Crippen LogP contribution in [0.15, 0.2) is 53.9 Å². The molecule has 0 atom stereocenters. The molecule has 0 fully saturated rings. The van der Waals surface area contributed by atoms with Crippen LogP contribution in [0.2, 0.25) is 0 Å². The van der Waals surface area contributed by atoms with Crippen molar-refractivity contribution in [2.45, 2.75) is 100 Å². The Morgan fingerprint density at radius 3 is 2.17 bits per heavy atom. The van der Waals surface area contributed by atoms with Crippen LogP contribution in [0.3, 0.4) is 0 Å². The molecule has 0 spiro atoms. The first-order valence-electron chi connectivity index (χ1n) is 16.7. The summed E-state index contributed by atoms with van der Waals surface area (Å²) >= 11 is 5.42. The summed E-state index contributed by atoms with van der Waals surface area (Å²) in [4.78, 5) is 24.0. The van der Waals surface area contributed by atoms with E-state index in [-0.39, 0.29) is 47.9 Å². The number of nitrogens with zero attached hydrogens (tertiary/aromatic N) is 2. The summed E-state index contributed by atoms with van der Waals surface area (Å²) in [6, 6.07) is 14.9. The molecule has 0 aliphatic carbocycles. The quantitative estimate of drug-likeness (QED) is 0.0940. The second kappa shape index (κ2) is 14.8. The summed E-state index contributed by atoms with van der Waals surface area (Å²) in [7, 11) is 0. The molecule has 0 saturated carbocycles. The molecule has 0 aliphatic heterocycles. The fourth-order valence-corrected chi connectivity index (χ4v) is 9.12. The third-order valence-corrected chi connectivity index (χ3v) is 13.3. The number of aryl methyl sites for hydroxylation is 1. The van der Waals surface area contributed by atoms with Gasteiger partial charge >= 0.3 is 0 Å². The van der Waals surface area contributed by atoms with Crippen LogP contribution < -0.4 is 0 Å². The Bertz CT molecular complexity index is 2100. The third-order valence-electron chi connectivity index (χ3n) is 10.2. The van der Waals surface area contributed by atoms with Gasteiger partial charge in [-0.25, -0.2) is 4.98 Å². The average molecular weight is 876 g/mol. The Balaban J connectivity index is 0.000000251. The molecule has 2 aromatic carbocycles. The fraction of sp³-hybridized carbons (Fsp3) is 0.425. The van der Waals surface area contributed by atoms with Gasteiger partial charge in [-0.15, -0.1) is 46.3 Å². The molecule has 0 aliphatic rings. The first-order valence-corrected chi connectivity index (χ1v) is 19.2. The van der Waals surface area contributed by atoms with Crippen LogP contribution in [-0.2, 0) is 30.3 Å². The Hall–Kier alpha value is -2.48. The maximum Gasteiger partial charge on any atom is 0.164 e. The number of aromatic nitrogens is 2. The number of fused-ring (bicyclic) bond motifs is 6. The Labute approximate surface area is 311 Å². The van der Waals surface area contributed by atoms with E-state index in [0.717, 1.165) is 47.2 Å². The molecule has 257 valence electrons. The molecular weight excluding hydrogens is 829 g/mol. The van der Waals surface area contributed by atoms with Crippen molar-refractivity contribution in [2.75, 3.05) is 0 Å². The van der Waals surface area contributed by atoms with Crippen LogP contribution in [-0.4, -0.2) is 20.9 Å². The molecule has 8 heteroatoms. The van der Waals surface area contributed by atoms with Crippen LogP contribution in [0.5, 0.6) is 0 Å². The molecule has 0 amide bonds. The van der Waals surface area contributed by atoms with Crippen molar-refractivity contribution in [1.82, 2.24) is 9.97 Å². The minimum absolute atomic E-state index is 0. The average Bonchev–Trinajstić information content (AvgIpc) is 3.79. The predicted octanol–water partition coefficient (Wildman–Crippen LogP) is 13.0. The number of aliphatic hydroxyl groups excluding tert-OH is 1. The monoisotopic (exact) mass is 876 g/mol. The number of ketones is 1. The van der Waals surface area contributed by atoms with Crippen molar-refractivity contribution >= 4 is 80.3 Å². The number of carbonyl (C=O) groups is 1. The first-order chi connectivity index (χ1) is 22.2. The van der Waals surface area contributed by atoms with Gasteiger partial charge in [0, 0.05) is 67.8 Å². The smallest absolute Gasteiger partial charge is 0.164 e. The van der Waals surface area contributed by atoms with Gasteiger partial charge in [-0.3, -0.25) is 9.78 Å². The van der Waals surface area contributed by atoms with Gasteiger partial charge in [-0.2, -0.15) is 11.3 Å². The van der Waals surface area contributed by atoms with E-state index in [9.17, 15) is 9.90 Å². The second-order valence-corrected chi connectivity index (χ2v) is 17.4. The van der Waals surface area contributed by atoms with Crippen LogP contribution in [0.25, 0.3) is 51.7 Å². The summed E-state index contributed by atoms with van der Waals surface area (Å²) in [6.07, 6.45) is 6.45. The number of allylic oxidation sites excluding steroid dienone is 2. The van der Waals surface area contributed by atoms with Crippen LogP contribution in [0.4, 0.5) is 0 Å². The van der Waals surface area contributed by atoms with Crippen molar-refractivity contribution in [3.63, 3.8) is 0 Å². The normalized spacial score (nSPS) is 12.8. The number of aliphatic hydroxyl groups is 1. The zero-order valence-electron chi connectivity index (χ0n) is 29.8. The van der Waals surface area contributed by atoms with E-state index in [4.69, 9.17) is 4.98 Å². The van der Waals surface area contributed by atoms with Gasteiger partial charge in [-0.1, -0.05) is 79.5 Å². The molecule has 1 radical (unpaired) electrons. The van der Waals surface area contributed by atoms with Crippen molar-refractivity contribution in [2.24, 2.45) is 10.8 Å². The predicted molar refractivity (Wildman–Crippen MR) is 206 cm³/mol. The van der Waals surface area contributed by atoms with Crippen molar-refractivity contribution < 1.29 is 30.0 Å². The van der Waals surface area contributed by atoms with Gasteiger partial charge in [0.25, 0.3) is 0 Å². The number of hydrogen-bond acceptors (Lipinski definition) is 7. The van der Waals surface area contributed by atoms with Gasteiger partial charge in [0.05, 0.1) is 0 Å². The number of hydrogen-bond donors (Lipinski definition) is 1. The van der Waals surface area contributed by atoms with Gasteiger partial charge in [-0.05, 0) is 65.6 Å². The van der Waals surface area contributed by atoms with Gasteiger partial charge < -0.3 is 5.11 Å². The van der Waals surface area contributed by atoms with E-state index in [1.807, 2.05) is 52.9 Å². The first kappa shape index (κ1) is 38.3. The van der Waals surface area contributed by atoms with Gasteiger partial charge in [0.15, 0.2) is 5.78 Å². The molecular formula is C40H47IrN2O2S3-. The largest absolute Gasteiger partial charge is 0.512 e. The number of carbonyl (C=O) groups excluding carboxylic acids is 1. The Morgan fingerprint density at radius 2 is 1.54 bits per heavy atom. The maximum absolute atomic E-state index is 12.2. The molecule has 1 N–H and O–H groups in total. The molecule has 0 saturated heterocycles. The molecule has 0 bridgehead atoms. The maximum atomic E-state index is 12.2. The van der Waals surface area contributed by atoms with E-state index in [2.05, 4.69) is 74.5 Å². The zero-order valence-corrected chi connectivity index (χ0v) is 34.6. The van der Waals surface area contributed by atoms with E-state index < -0.39 is 0 Å². The van der Waals surface area contributed by atoms with Gasteiger partial charge in [0.2, 0.25) is 0 Å². The molecule has 6 rings (SSSR count). The molecule has 0 unspecified atom stereocenters. The number of thiophene rings is 3. The zero-order chi connectivity index (χ0) is 34.3. The van der Waals surface area contributed by atoms with E-state index in [1.54, 1.807) is 29.0 Å². The van der Waals surface area contributed by atoms with E-state index >= 15 is 0 Å². The van der Waals surface area contributed by atoms with Crippen LogP contribution in [0, 0.1) is 23.8 Å². The van der Waals surface area contributed by atoms with Crippen molar-refractivity contribution in [3.05, 3.63) is 70.4 Å². The third kappa shape index (κ3) is 7.20. The summed E-state index contributed by atoms with van der Waals surface area (Å²) in [5.41, 5.74) is 2.84. The summed E-state index contributed by atoms with van der Waals surface area (Å²) < 4.78 is 3.96. The van der Waals surface area contributed by atoms with E-state index in [0.29, 0.717) is 0 Å². The van der Waals surface area contributed by atoms with Crippen molar-refractivity contribution in [1.29, 1.82) is 0 Å². The van der Waals surface area contributed by atoms with Crippen LogP contribution in [0.1, 0.15) is 98.4 Å².